The Morgan fingerprint density at radius 3 is 2.38 bits per heavy atom. The Bertz CT molecular complexity index is 524. The van der Waals surface area contributed by atoms with E-state index in [-0.39, 0.29) is 11.4 Å². The molecule has 0 radical (unpaired) electrons. The van der Waals surface area contributed by atoms with Gasteiger partial charge in [0.15, 0.2) is 0 Å². The number of nitro groups is 1. The van der Waals surface area contributed by atoms with Crippen molar-refractivity contribution in [2.45, 2.75) is 6.92 Å². The Hall–Kier alpha value is -1.63. The summed E-state index contributed by atoms with van der Waals surface area (Å²) in [5.41, 5.74) is 0.435. The van der Waals surface area contributed by atoms with Gasteiger partial charge in [0.25, 0.3) is 5.69 Å². The minimum atomic E-state index is -3.51. The van der Waals surface area contributed by atoms with E-state index in [2.05, 4.69) is 0 Å². The molecule has 0 spiro atoms. The lowest BCUT2D eigenvalue weighted by Crippen LogP contribution is -2.26. The summed E-state index contributed by atoms with van der Waals surface area (Å²) < 4.78 is 23.6. The largest absolute Gasteiger partial charge is 0.293 e. The lowest BCUT2D eigenvalue weighted by Gasteiger charge is -2.18. The molecule has 16 heavy (non-hydrogen) atoms. The summed E-state index contributed by atoms with van der Waals surface area (Å²) in [6, 6.07) is 4.43. The van der Waals surface area contributed by atoms with Gasteiger partial charge in [0.1, 0.15) is 5.69 Å². The number of hydrogen-bond donors (Lipinski definition) is 0. The average Bonchev–Trinajstić information content (AvgIpc) is 2.14. The average molecular weight is 244 g/mol. The van der Waals surface area contributed by atoms with Crippen molar-refractivity contribution in [3.63, 3.8) is 0 Å². The fourth-order valence-electron chi connectivity index (χ4n) is 1.37. The first-order valence-electron chi connectivity index (χ1n) is 4.43. The van der Waals surface area contributed by atoms with E-state index in [4.69, 9.17) is 0 Å². The van der Waals surface area contributed by atoms with E-state index in [9.17, 15) is 18.5 Å². The molecule has 0 saturated heterocycles. The molecule has 0 N–H and O–H groups in total. The number of benzene rings is 1. The van der Waals surface area contributed by atoms with Crippen LogP contribution in [0.1, 0.15) is 5.56 Å². The van der Waals surface area contributed by atoms with Gasteiger partial charge in [0, 0.05) is 13.1 Å². The van der Waals surface area contributed by atoms with Crippen LogP contribution in [-0.4, -0.2) is 26.6 Å². The van der Waals surface area contributed by atoms with Gasteiger partial charge in [-0.2, -0.15) is 0 Å². The lowest BCUT2D eigenvalue weighted by molar-refractivity contribution is -0.384. The smallest absolute Gasteiger partial charge is 0.266 e. The fourth-order valence-corrected chi connectivity index (χ4v) is 1.94. The van der Waals surface area contributed by atoms with Gasteiger partial charge in [-0.25, -0.2) is 8.42 Å². The number of hydrogen-bond acceptors (Lipinski definition) is 4. The summed E-state index contributed by atoms with van der Waals surface area (Å²) >= 11 is 0. The van der Waals surface area contributed by atoms with Crippen molar-refractivity contribution in [2.75, 3.05) is 17.6 Å². The summed E-state index contributed by atoms with van der Waals surface area (Å²) in [7, 11) is -2.21. The van der Waals surface area contributed by atoms with Gasteiger partial charge in [0.05, 0.1) is 11.2 Å². The Morgan fingerprint density at radius 1 is 1.38 bits per heavy atom. The minimum absolute atomic E-state index is 0.106. The second kappa shape index (κ2) is 4.09. The summed E-state index contributed by atoms with van der Waals surface area (Å²) in [4.78, 5) is 10.2. The number of anilines is 1. The number of sulfonamides is 1. The molecule has 0 aliphatic carbocycles. The van der Waals surface area contributed by atoms with Crippen LogP contribution in [0.25, 0.3) is 0 Å². The number of nitro benzene ring substituents is 1. The maximum atomic E-state index is 11.4. The van der Waals surface area contributed by atoms with E-state index in [1.165, 1.54) is 19.2 Å². The van der Waals surface area contributed by atoms with Crippen LogP contribution < -0.4 is 4.31 Å². The molecule has 7 heteroatoms. The first-order valence-corrected chi connectivity index (χ1v) is 6.28. The highest BCUT2D eigenvalue weighted by Gasteiger charge is 2.23. The normalized spacial score (nSPS) is 11.2. The van der Waals surface area contributed by atoms with E-state index in [0.717, 1.165) is 10.6 Å². The monoisotopic (exact) mass is 244 g/mol. The van der Waals surface area contributed by atoms with Crippen molar-refractivity contribution < 1.29 is 13.3 Å². The number of nitrogens with zero attached hydrogens (tertiary/aromatic N) is 2. The first kappa shape index (κ1) is 12.4. The van der Waals surface area contributed by atoms with E-state index in [1.807, 2.05) is 0 Å². The Morgan fingerprint density at radius 2 is 1.94 bits per heavy atom. The van der Waals surface area contributed by atoms with Crippen molar-refractivity contribution in [2.24, 2.45) is 0 Å². The first-order chi connectivity index (χ1) is 7.25. The highest BCUT2D eigenvalue weighted by molar-refractivity contribution is 7.92. The molecule has 6 nitrogen and oxygen atoms in total. The predicted molar refractivity (Wildman–Crippen MR) is 61.1 cm³/mol. The molecule has 0 amide bonds. The molecule has 1 aromatic rings. The maximum absolute atomic E-state index is 11.4. The molecule has 0 heterocycles. The van der Waals surface area contributed by atoms with Gasteiger partial charge in [-0.1, -0.05) is 12.1 Å². The van der Waals surface area contributed by atoms with Gasteiger partial charge in [-0.15, -0.1) is 0 Å². The molecular weight excluding hydrogens is 232 g/mol. The maximum Gasteiger partial charge on any atom is 0.293 e. The highest BCUT2D eigenvalue weighted by atomic mass is 32.2. The summed E-state index contributed by atoms with van der Waals surface area (Å²) in [5, 5.41) is 10.8. The van der Waals surface area contributed by atoms with Gasteiger partial charge >= 0.3 is 0 Å². The second-order valence-corrected chi connectivity index (χ2v) is 5.44. The predicted octanol–water partition coefficient (Wildman–Crippen LogP) is 1.30. The molecule has 1 rings (SSSR count). The summed E-state index contributed by atoms with van der Waals surface area (Å²) in [5.74, 6) is 0. The third-order valence-corrected chi connectivity index (χ3v) is 3.40. The molecule has 1 aromatic carbocycles. The number of aryl methyl sites for hydroxylation is 1. The Labute approximate surface area is 93.7 Å². The molecule has 0 saturated carbocycles. The van der Waals surface area contributed by atoms with Gasteiger partial charge < -0.3 is 0 Å². The summed E-state index contributed by atoms with van der Waals surface area (Å²) in [6.45, 7) is 1.63. The number of para-hydroxylation sites is 1. The van der Waals surface area contributed by atoms with Crippen molar-refractivity contribution in [3.05, 3.63) is 33.9 Å². The molecule has 0 atom stereocenters. The van der Waals surface area contributed by atoms with E-state index in [1.54, 1.807) is 13.0 Å². The lowest BCUT2D eigenvalue weighted by atomic mass is 10.2. The van der Waals surface area contributed by atoms with Crippen LogP contribution in [0.2, 0.25) is 0 Å². The minimum Gasteiger partial charge on any atom is -0.266 e. The van der Waals surface area contributed by atoms with Crippen LogP contribution in [0.5, 0.6) is 0 Å². The van der Waals surface area contributed by atoms with Crippen LogP contribution in [0.4, 0.5) is 11.4 Å². The zero-order valence-electron chi connectivity index (χ0n) is 9.17. The van der Waals surface area contributed by atoms with Gasteiger partial charge in [0.2, 0.25) is 10.0 Å². The Balaban J connectivity index is 3.48. The zero-order valence-corrected chi connectivity index (χ0v) is 9.98. The third-order valence-electron chi connectivity index (χ3n) is 2.23. The van der Waals surface area contributed by atoms with Crippen molar-refractivity contribution in [1.82, 2.24) is 0 Å². The molecule has 0 unspecified atom stereocenters. The van der Waals surface area contributed by atoms with E-state index < -0.39 is 14.9 Å². The quantitative estimate of drug-likeness (QED) is 0.592. The molecule has 88 valence electrons. The van der Waals surface area contributed by atoms with Crippen LogP contribution >= 0.6 is 0 Å². The molecular formula is C9H12N2O4S. The van der Waals surface area contributed by atoms with Crippen LogP contribution in [0, 0.1) is 17.0 Å². The van der Waals surface area contributed by atoms with Crippen LogP contribution in [0.3, 0.4) is 0 Å². The standard InChI is InChI=1S/C9H12N2O4S/c1-7-5-4-6-8(11(12)13)9(7)10(2)16(3,14)15/h4-6H,1-3H3. The van der Waals surface area contributed by atoms with E-state index >= 15 is 0 Å². The van der Waals surface area contributed by atoms with Gasteiger partial charge in [-0.3, -0.25) is 14.4 Å². The van der Waals surface area contributed by atoms with Crippen molar-refractivity contribution in [3.8, 4) is 0 Å². The topological polar surface area (TPSA) is 80.5 Å². The number of rotatable bonds is 3. The molecule has 0 aliphatic rings. The summed E-state index contributed by atoms with van der Waals surface area (Å²) in [6.07, 6.45) is 1.00. The molecule has 0 aliphatic heterocycles. The third kappa shape index (κ3) is 2.30. The highest BCUT2D eigenvalue weighted by Crippen LogP contribution is 2.31. The van der Waals surface area contributed by atoms with E-state index in [0.29, 0.717) is 5.56 Å². The fraction of sp³-hybridized carbons (Fsp3) is 0.333. The zero-order chi connectivity index (χ0) is 12.5. The van der Waals surface area contributed by atoms with Gasteiger partial charge in [-0.05, 0) is 12.5 Å². The molecule has 0 fully saturated rings. The SMILES string of the molecule is Cc1cccc([N+](=O)[O-])c1N(C)S(C)(=O)=O. The molecule has 0 aromatic heterocycles. The van der Waals surface area contributed by atoms with Crippen LogP contribution in [0.15, 0.2) is 18.2 Å². The Kier molecular flexibility index (Phi) is 3.18. The van der Waals surface area contributed by atoms with Crippen molar-refractivity contribution >= 4 is 21.4 Å². The second-order valence-electron chi connectivity index (χ2n) is 3.43. The molecule has 0 bridgehead atoms. The van der Waals surface area contributed by atoms with Crippen LogP contribution in [-0.2, 0) is 10.0 Å². The van der Waals surface area contributed by atoms with Crippen molar-refractivity contribution in [1.29, 1.82) is 0 Å².